The Labute approximate surface area is 83.7 Å². The first-order valence-electron chi connectivity index (χ1n) is 4.29. The van der Waals surface area contributed by atoms with Crippen LogP contribution in [0, 0.1) is 0 Å². The van der Waals surface area contributed by atoms with Gasteiger partial charge in [-0.25, -0.2) is 9.97 Å². The van der Waals surface area contributed by atoms with Crippen molar-refractivity contribution in [3.8, 4) is 0 Å². The summed E-state index contributed by atoms with van der Waals surface area (Å²) in [6.45, 7) is 4.24. The Morgan fingerprint density at radius 2 is 2.29 bits per heavy atom. The average molecular weight is 193 g/mol. The SMILES string of the molecule is C=CCNc1ncnc(N(C)C)c1N. The minimum Gasteiger partial charge on any atom is -0.393 e. The van der Waals surface area contributed by atoms with Crippen molar-refractivity contribution < 1.29 is 0 Å². The minimum atomic E-state index is 0.555. The lowest BCUT2D eigenvalue weighted by Gasteiger charge is -2.15. The van der Waals surface area contributed by atoms with E-state index in [0.717, 1.165) is 0 Å². The molecule has 0 radical (unpaired) electrons. The van der Waals surface area contributed by atoms with Gasteiger partial charge in [-0.15, -0.1) is 6.58 Å². The highest BCUT2D eigenvalue weighted by molar-refractivity contribution is 5.74. The molecule has 76 valence electrons. The molecule has 5 nitrogen and oxygen atoms in total. The summed E-state index contributed by atoms with van der Waals surface area (Å²) in [5.74, 6) is 1.36. The van der Waals surface area contributed by atoms with Crippen LogP contribution in [-0.2, 0) is 0 Å². The number of nitrogens with two attached hydrogens (primary N) is 1. The highest BCUT2D eigenvalue weighted by Crippen LogP contribution is 2.23. The van der Waals surface area contributed by atoms with Gasteiger partial charge in [-0.2, -0.15) is 0 Å². The molecule has 0 amide bonds. The summed E-state index contributed by atoms with van der Waals surface area (Å²) in [6, 6.07) is 0. The van der Waals surface area contributed by atoms with Crippen molar-refractivity contribution >= 4 is 17.3 Å². The average Bonchev–Trinajstić information content (AvgIpc) is 2.16. The molecule has 0 fully saturated rings. The van der Waals surface area contributed by atoms with Crippen LogP contribution < -0.4 is 16.0 Å². The topological polar surface area (TPSA) is 67.1 Å². The summed E-state index contributed by atoms with van der Waals surface area (Å²) < 4.78 is 0. The highest BCUT2D eigenvalue weighted by atomic mass is 15.2. The molecule has 0 aliphatic carbocycles. The lowest BCUT2D eigenvalue weighted by atomic mass is 10.4. The van der Waals surface area contributed by atoms with Gasteiger partial charge in [-0.3, -0.25) is 0 Å². The number of hydrogen-bond donors (Lipinski definition) is 2. The van der Waals surface area contributed by atoms with Gasteiger partial charge in [-0.1, -0.05) is 6.08 Å². The quantitative estimate of drug-likeness (QED) is 0.690. The van der Waals surface area contributed by atoms with E-state index < -0.39 is 0 Å². The molecule has 1 aromatic rings. The van der Waals surface area contributed by atoms with E-state index >= 15 is 0 Å². The molecule has 1 aromatic heterocycles. The largest absolute Gasteiger partial charge is 0.393 e. The minimum absolute atomic E-state index is 0.555. The second-order valence-corrected chi connectivity index (χ2v) is 3.02. The number of nitrogens with one attached hydrogen (secondary N) is 1. The van der Waals surface area contributed by atoms with Crippen LogP contribution in [0.2, 0.25) is 0 Å². The Hall–Kier alpha value is -1.78. The third kappa shape index (κ3) is 2.12. The van der Waals surface area contributed by atoms with Crippen molar-refractivity contribution in [2.45, 2.75) is 0 Å². The molecule has 0 bridgehead atoms. The van der Waals surface area contributed by atoms with Crippen molar-refractivity contribution in [3.05, 3.63) is 19.0 Å². The monoisotopic (exact) mass is 193 g/mol. The highest BCUT2D eigenvalue weighted by Gasteiger charge is 2.07. The molecule has 1 rings (SSSR count). The molecule has 0 aliphatic rings. The van der Waals surface area contributed by atoms with E-state index in [1.165, 1.54) is 6.33 Å². The maximum Gasteiger partial charge on any atom is 0.156 e. The molecule has 14 heavy (non-hydrogen) atoms. The predicted octanol–water partition coefficient (Wildman–Crippen LogP) is 0.723. The second-order valence-electron chi connectivity index (χ2n) is 3.02. The summed E-state index contributed by atoms with van der Waals surface area (Å²) in [4.78, 5) is 9.95. The molecule has 0 unspecified atom stereocenters. The molecule has 0 spiro atoms. The third-order valence-electron chi connectivity index (χ3n) is 1.70. The van der Waals surface area contributed by atoms with Crippen molar-refractivity contribution in [1.82, 2.24) is 9.97 Å². The maximum absolute atomic E-state index is 5.86. The molecule has 0 aromatic carbocycles. The van der Waals surface area contributed by atoms with Gasteiger partial charge in [-0.05, 0) is 0 Å². The zero-order valence-electron chi connectivity index (χ0n) is 8.49. The van der Waals surface area contributed by atoms with Crippen LogP contribution in [0.1, 0.15) is 0 Å². The van der Waals surface area contributed by atoms with E-state index in [9.17, 15) is 0 Å². The first-order chi connectivity index (χ1) is 6.66. The van der Waals surface area contributed by atoms with Crippen LogP contribution in [-0.4, -0.2) is 30.6 Å². The first kappa shape index (κ1) is 10.3. The van der Waals surface area contributed by atoms with Gasteiger partial charge in [0, 0.05) is 20.6 Å². The van der Waals surface area contributed by atoms with Crippen LogP contribution in [0.15, 0.2) is 19.0 Å². The summed E-state index contributed by atoms with van der Waals surface area (Å²) >= 11 is 0. The summed E-state index contributed by atoms with van der Waals surface area (Å²) in [7, 11) is 3.77. The second kappa shape index (κ2) is 4.45. The Morgan fingerprint density at radius 1 is 1.57 bits per heavy atom. The van der Waals surface area contributed by atoms with E-state index in [1.807, 2.05) is 19.0 Å². The summed E-state index contributed by atoms with van der Waals surface area (Å²) in [5, 5.41) is 3.04. The first-order valence-corrected chi connectivity index (χ1v) is 4.29. The maximum atomic E-state index is 5.86. The predicted molar refractivity (Wildman–Crippen MR) is 59.5 cm³/mol. The number of nitrogen functional groups attached to an aromatic ring is 1. The van der Waals surface area contributed by atoms with Crippen molar-refractivity contribution in [3.63, 3.8) is 0 Å². The van der Waals surface area contributed by atoms with E-state index in [1.54, 1.807) is 6.08 Å². The molecule has 5 heteroatoms. The van der Waals surface area contributed by atoms with E-state index in [2.05, 4.69) is 21.9 Å². The number of hydrogen-bond acceptors (Lipinski definition) is 5. The number of rotatable bonds is 4. The third-order valence-corrected chi connectivity index (χ3v) is 1.70. The van der Waals surface area contributed by atoms with E-state index in [4.69, 9.17) is 5.73 Å². The fourth-order valence-electron chi connectivity index (χ4n) is 1.05. The zero-order chi connectivity index (χ0) is 10.6. The van der Waals surface area contributed by atoms with Gasteiger partial charge in [0.2, 0.25) is 0 Å². The number of anilines is 3. The summed E-state index contributed by atoms with van der Waals surface area (Å²) in [5.41, 5.74) is 6.42. The molecular formula is C9H15N5. The number of aromatic nitrogens is 2. The lowest BCUT2D eigenvalue weighted by molar-refractivity contribution is 1.04. The van der Waals surface area contributed by atoms with E-state index in [-0.39, 0.29) is 0 Å². The van der Waals surface area contributed by atoms with Crippen molar-refractivity contribution in [2.24, 2.45) is 0 Å². The van der Waals surface area contributed by atoms with Gasteiger partial charge in [0.15, 0.2) is 11.6 Å². The fraction of sp³-hybridized carbons (Fsp3) is 0.333. The Morgan fingerprint density at radius 3 is 2.86 bits per heavy atom. The Bertz CT molecular complexity index is 321. The fourth-order valence-corrected chi connectivity index (χ4v) is 1.05. The molecular weight excluding hydrogens is 178 g/mol. The van der Waals surface area contributed by atoms with Crippen molar-refractivity contribution in [2.75, 3.05) is 36.6 Å². The normalized spacial score (nSPS) is 9.57. The van der Waals surface area contributed by atoms with Gasteiger partial charge in [0.1, 0.15) is 12.0 Å². The van der Waals surface area contributed by atoms with Gasteiger partial charge < -0.3 is 16.0 Å². The zero-order valence-corrected chi connectivity index (χ0v) is 8.49. The Balaban J connectivity index is 2.95. The molecule has 0 saturated carbocycles. The number of nitrogens with zero attached hydrogens (tertiary/aromatic N) is 3. The molecule has 3 N–H and O–H groups in total. The summed E-state index contributed by atoms with van der Waals surface area (Å²) in [6.07, 6.45) is 3.23. The van der Waals surface area contributed by atoms with Gasteiger partial charge >= 0.3 is 0 Å². The van der Waals surface area contributed by atoms with Crippen LogP contribution in [0.25, 0.3) is 0 Å². The molecule has 0 aliphatic heterocycles. The molecule has 0 atom stereocenters. The van der Waals surface area contributed by atoms with Crippen LogP contribution in [0.4, 0.5) is 17.3 Å². The van der Waals surface area contributed by atoms with Crippen LogP contribution in [0.3, 0.4) is 0 Å². The molecule has 0 saturated heterocycles. The van der Waals surface area contributed by atoms with Crippen molar-refractivity contribution in [1.29, 1.82) is 0 Å². The van der Waals surface area contributed by atoms with Crippen LogP contribution >= 0.6 is 0 Å². The van der Waals surface area contributed by atoms with Crippen LogP contribution in [0.5, 0.6) is 0 Å². The van der Waals surface area contributed by atoms with E-state index in [0.29, 0.717) is 23.9 Å². The molecule has 1 heterocycles. The van der Waals surface area contributed by atoms with Gasteiger partial charge in [0.05, 0.1) is 0 Å². The smallest absolute Gasteiger partial charge is 0.156 e. The standard InChI is InChI=1S/C9H15N5/c1-4-5-11-8-7(10)9(14(2)3)13-6-12-8/h4,6H,1,5,10H2,2-3H3,(H,11,12,13). The Kier molecular flexibility index (Phi) is 3.28. The van der Waals surface area contributed by atoms with Gasteiger partial charge in [0.25, 0.3) is 0 Å². The lowest BCUT2D eigenvalue weighted by Crippen LogP contribution is -2.15.